The molecule has 1 aliphatic rings. The van der Waals surface area contributed by atoms with Gasteiger partial charge in [0.25, 0.3) is 5.91 Å². The summed E-state index contributed by atoms with van der Waals surface area (Å²) in [5, 5.41) is 11.8. The highest BCUT2D eigenvalue weighted by Gasteiger charge is 2.46. The van der Waals surface area contributed by atoms with E-state index in [4.69, 9.17) is 0 Å². The molecule has 2 rings (SSSR count). The van der Waals surface area contributed by atoms with Gasteiger partial charge in [0.1, 0.15) is 11.2 Å². The lowest BCUT2D eigenvalue weighted by Crippen LogP contribution is -2.59. The molecular formula is C12H15BrN2O3. The zero-order valence-corrected chi connectivity index (χ0v) is 11.7. The molecule has 0 aliphatic heterocycles. The molecule has 1 heterocycles. The summed E-state index contributed by atoms with van der Waals surface area (Å²) in [6.07, 6.45) is 3.65. The third kappa shape index (κ3) is 2.16. The molecule has 0 saturated heterocycles. The van der Waals surface area contributed by atoms with Crippen LogP contribution in [0.15, 0.2) is 16.7 Å². The van der Waals surface area contributed by atoms with Crippen LogP contribution in [0, 0.1) is 0 Å². The highest BCUT2D eigenvalue weighted by atomic mass is 79.9. The Balaban J connectivity index is 2.19. The second kappa shape index (κ2) is 4.76. The van der Waals surface area contributed by atoms with Crippen LogP contribution >= 0.6 is 15.9 Å². The van der Waals surface area contributed by atoms with Crippen molar-refractivity contribution in [2.45, 2.75) is 38.3 Å². The summed E-state index contributed by atoms with van der Waals surface area (Å²) in [6, 6.07) is 1.70. The Hall–Kier alpha value is -1.30. The van der Waals surface area contributed by atoms with Crippen molar-refractivity contribution in [2.75, 3.05) is 0 Å². The average molecular weight is 315 g/mol. The molecule has 1 aliphatic carbocycles. The maximum Gasteiger partial charge on any atom is 0.329 e. The van der Waals surface area contributed by atoms with Crippen molar-refractivity contribution in [1.29, 1.82) is 0 Å². The summed E-state index contributed by atoms with van der Waals surface area (Å²) in [5.41, 5.74) is -0.580. The highest BCUT2D eigenvalue weighted by molar-refractivity contribution is 9.10. The van der Waals surface area contributed by atoms with Gasteiger partial charge in [-0.15, -0.1) is 0 Å². The van der Waals surface area contributed by atoms with E-state index in [-0.39, 0.29) is 5.91 Å². The fourth-order valence-corrected chi connectivity index (χ4v) is 2.59. The Labute approximate surface area is 113 Å². The number of carboxylic acid groups (broad SMARTS) is 1. The largest absolute Gasteiger partial charge is 0.480 e. The van der Waals surface area contributed by atoms with Crippen molar-refractivity contribution >= 4 is 27.8 Å². The Kier molecular flexibility index (Phi) is 3.47. The quantitative estimate of drug-likeness (QED) is 0.893. The van der Waals surface area contributed by atoms with Crippen LogP contribution in [0.2, 0.25) is 0 Å². The molecule has 0 aromatic carbocycles. The van der Waals surface area contributed by atoms with Gasteiger partial charge in [-0.2, -0.15) is 0 Å². The van der Waals surface area contributed by atoms with E-state index in [1.807, 2.05) is 13.1 Å². The number of carbonyl (C=O) groups is 2. The van der Waals surface area contributed by atoms with Gasteiger partial charge < -0.3 is 15.0 Å². The molecule has 0 atom stereocenters. The van der Waals surface area contributed by atoms with E-state index in [0.29, 0.717) is 25.1 Å². The molecule has 18 heavy (non-hydrogen) atoms. The van der Waals surface area contributed by atoms with E-state index >= 15 is 0 Å². The second-order valence-corrected chi connectivity index (χ2v) is 5.44. The van der Waals surface area contributed by atoms with Gasteiger partial charge in [-0.1, -0.05) is 0 Å². The summed E-state index contributed by atoms with van der Waals surface area (Å²) in [7, 11) is 0. The summed E-state index contributed by atoms with van der Waals surface area (Å²) >= 11 is 3.31. The normalized spacial score (nSPS) is 17.0. The van der Waals surface area contributed by atoms with Crippen LogP contribution in [0.4, 0.5) is 0 Å². The number of rotatable bonds is 4. The van der Waals surface area contributed by atoms with Gasteiger partial charge in [0.2, 0.25) is 0 Å². The number of nitrogens with zero attached hydrogens (tertiary/aromatic N) is 1. The fourth-order valence-electron chi connectivity index (χ4n) is 2.13. The number of aliphatic carboxylic acids is 1. The minimum Gasteiger partial charge on any atom is -0.480 e. The molecule has 0 bridgehead atoms. The number of carboxylic acids is 1. The van der Waals surface area contributed by atoms with Gasteiger partial charge in [0.05, 0.1) is 0 Å². The number of aryl methyl sites for hydroxylation is 1. The number of carbonyl (C=O) groups excluding carboxylic acids is 1. The smallest absolute Gasteiger partial charge is 0.329 e. The predicted octanol–water partition coefficient (Wildman–Crippen LogP) is 2.01. The zero-order chi connectivity index (χ0) is 13.3. The maximum absolute atomic E-state index is 12.1. The van der Waals surface area contributed by atoms with E-state index in [1.165, 1.54) is 0 Å². The molecule has 0 spiro atoms. The molecule has 1 aromatic rings. The van der Waals surface area contributed by atoms with Gasteiger partial charge >= 0.3 is 5.97 Å². The second-order valence-electron chi connectivity index (χ2n) is 4.52. The van der Waals surface area contributed by atoms with Gasteiger partial charge in [-0.05, 0) is 48.2 Å². The highest BCUT2D eigenvalue weighted by Crippen LogP contribution is 2.32. The standard InChI is InChI=1S/C12H15BrN2O3/c1-2-15-7-8(13)6-9(15)10(16)14-12(11(17)18)4-3-5-12/h6-7H,2-5H2,1H3,(H,14,16)(H,17,18). The molecule has 5 nitrogen and oxygen atoms in total. The number of amides is 1. The third-order valence-electron chi connectivity index (χ3n) is 3.41. The van der Waals surface area contributed by atoms with Crippen LogP contribution in [-0.2, 0) is 11.3 Å². The number of hydrogen-bond acceptors (Lipinski definition) is 2. The average Bonchev–Trinajstić information content (AvgIpc) is 2.64. The Morgan fingerprint density at radius 2 is 2.22 bits per heavy atom. The van der Waals surface area contributed by atoms with E-state index in [0.717, 1.165) is 10.9 Å². The summed E-state index contributed by atoms with van der Waals surface area (Å²) in [5.74, 6) is -1.28. The minimum absolute atomic E-state index is 0.329. The van der Waals surface area contributed by atoms with Crippen LogP contribution in [0.25, 0.3) is 0 Å². The van der Waals surface area contributed by atoms with Gasteiger partial charge in [-0.3, -0.25) is 4.79 Å². The third-order valence-corrected chi connectivity index (χ3v) is 3.84. The molecule has 1 fully saturated rings. The summed E-state index contributed by atoms with van der Waals surface area (Å²) in [4.78, 5) is 23.3. The Morgan fingerprint density at radius 3 is 2.67 bits per heavy atom. The van der Waals surface area contributed by atoms with Crippen LogP contribution < -0.4 is 5.32 Å². The number of aromatic nitrogens is 1. The molecular weight excluding hydrogens is 300 g/mol. The Morgan fingerprint density at radius 1 is 1.56 bits per heavy atom. The molecule has 98 valence electrons. The Bertz CT molecular complexity index is 492. The fraction of sp³-hybridized carbons (Fsp3) is 0.500. The van der Waals surface area contributed by atoms with E-state index < -0.39 is 11.5 Å². The topological polar surface area (TPSA) is 71.3 Å². The number of halogens is 1. The summed E-state index contributed by atoms with van der Waals surface area (Å²) < 4.78 is 2.60. The maximum atomic E-state index is 12.1. The van der Waals surface area contributed by atoms with Crippen molar-refractivity contribution in [1.82, 2.24) is 9.88 Å². The van der Waals surface area contributed by atoms with Gasteiger partial charge in [-0.25, -0.2) is 4.79 Å². The first kappa shape index (κ1) is 13.1. The molecule has 6 heteroatoms. The van der Waals surface area contributed by atoms with E-state index in [1.54, 1.807) is 10.6 Å². The first-order valence-electron chi connectivity index (χ1n) is 5.90. The predicted molar refractivity (Wildman–Crippen MR) is 69.5 cm³/mol. The molecule has 1 saturated carbocycles. The number of hydrogen-bond donors (Lipinski definition) is 2. The van der Waals surface area contributed by atoms with Gasteiger partial charge in [0, 0.05) is 17.2 Å². The monoisotopic (exact) mass is 314 g/mol. The SMILES string of the molecule is CCn1cc(Br)cc1C(=O)NC1(C(=O)O)CCC1. The van der Waals surface area contributed by atoms with Crippen molar-refractivity contribution in [2.24, 2.45) is 0 Å². The van der Waals surface area contributed by atoms with Crippen LogP contribution in [0.3, 0.4) is 0 Å². The lowest BCUT2D eigenvalue weighted by Gasteiger charge is -2.38. The minimum atomic E-state index is -1.06. The van der Waals surface area contributed by atoms with Crippen LogP contribution in [0.1, 0.15) is 36.7 Å². The first-order valence-corrected chi connectivity index (χ1v) is 6.69. The zero-order valence-electron chi connectivity index (χ0n) is 10.1. The van der Waals surface area contributed by atoms with Crippen LogP contribution in [0.5, 0.6) is 0 Å². The molecule has 0 unspecified atom stereocenters. The molecule has 1 aromatic heterocycles. The first-order chi connectivity index (χ1) is 8.48. The van der Waals surface area contributed by atoms with Crippen molar-refractivity contribution in [3.63, 3.8) is 0 Å². The van der Waals surface area contributed by atoms with Crippen molar-refractivity contribution in [3.05, 3.63) is 22.4 Å². The lowest BCUT2D eigenvalue weighted by molar-refractivity contribution is -0.148. The number of nitrogens with one attached hydrogen (secondary N) is 1. The van der Waals surface area contributed by atoms with Gasteiger partial charge in [0.15, 0.2) is 0 Å². The molecule has 2 N–H and O–H groups in total. The summed E-state index contributed by atoms with van der Waals surface area (Å²) in [6.45, 7) is 2.59. The van der Waals surface area contributed by atoms with E-state index in [2.05, 4.69) is 21.2 Å². The van der Waals surface area contributed by atoms with E-state index in [9.17, 15) is 14.7 Å². The van der Waals surface area contributed by atoms with Crippen molar-refractivity contribution < 1.29 is 14.7 Å². The molecule has 1 amide bonds. The van der Waals surface area contributed by atoms with Crippen molar-refractivity contribution in [3.8, 4) is 0 Å². The van der Waals surface area contributed by atoms with Crippen LogP contribution in [-0.4, -0.2) is 27.1 Å². The lowest BCUT2D eigenvalue weighted by atomic mass is 9.76. The molecule has 0 radical (unpaired) electrons.